The Morgan fingerprint density at radius 1 is 1.44 bits per heavy atom. The number of hydrogen-bond acceptors (Lipinski definition) is 3. The van der Waals surface area contributed by atoms with Gasteiger partial charge in [-0.25, -0.2) is 0 Å². The molecule has 1 aliphatic carbocycles. The largest absolute Gasteiger partial charge is 0.399 e. The average molecular weight is 242 g/mol. The molecule has 18 heavy (non-hydrogen) atoms. The Labute approximate surface area is 107 Å². The molecule has 0 spiro atoms. The van der Waals surface area contributed by atoms with Crippen molar-refractivity contribution in [1.29, 1.82) is 0 Å². The van der Waals surface area contributed by atoms with Gasteiger partial charge in [0.2, 0.25) is 0 Å². The van der Waals surface area contributed by atoms with Crippen LogP contribution in [-0.2, 0) is 6.42 Å². The molecular weight excluding hydrogens is 224 g/mol. The number of rotatable bonds is 4. The second-order valence-corrected chi connectivity index (χ2v) is 5.16. The van der Waals surface area contributed by atoms with Crippen molar-refractivity contribution in [3.8, 4) is 0 Å². The van der Waals surface area contributed by atoms with E-state index in [-0.39, 0.29) is 0 Å². The van der Waals surface area contributed by atoms with Gasteiger partial charge in [0.15, 0.2) is 0 Å². The first kappa shape index (κ1) is 11.3. The summed E-state index contributed by atoms with van der Waals surface area (Å²) in [6.07, 6.45) is 5.30. The maximum atomic E-state index is 5.82. The summed E-state index contributed by atoms with van der Waals surface area (Å²) < 4.78 is 2.22. The van der Waals surface area contributed by atoms with E-state index in [1.165, 1.54) is 18.4 Å². The lowest BCUT2D eigenvalue weighted by molar-refractivity contribution is 0.633. The number of nitrogens with two attached hydrogens (primary N) is 1. The molecule has 0 radical (unpaired) electrons. The highest BCUT2D eigenvalue weighted by Gasteiger charge is 2.26. The minimum absolute atomic E-state index is 0.412. The Balaban J connectivity index is 1.77. The lowest BCUT2D eigenvalue weighted by Gasteiger charge is -2.12. The monoisotopic (exact) mass is 242 g/mol. The van der Waals surface area contributed by atoms with Crippen molar-refractivity contribution < 1.29 is 0 Å². The number of aromatic nitrogens is 3. The maximum Gasteiger partial charge on any atom is 0.133 e. The number of hydrogen-bond donors (Lipinski definition) is 1. The molecule has 1 fully saturated rings. The first-order valence-corrected chi connectivity index (χ1v) is 6.48. The number of nitrogen functional groups attached to an aromatic ring is 1. The number of anilines is 1. The van der Waals surface area contributed by atoms with Crippen molar-refractivity contribution in [2.24, 2.45) is 0 Å². The first-order valence-electron chi connectivity index (χ1n) is 6.48. The van der Waals surface area contributed by atoms with Crippen LogP contribution in [-0.4, -0.2) is 14.8 Å². The Morgan fingerprint density at radius 3 is 3.00 bits per heavy atom. The smallest absolute Gasteiger partial charge is 0.133 e. The van der Waals surface area contributed by atoms with Crippen LogP contribution in [0.25, 0.3) is 0 Å². The van der Waals surface area contributed by atoms with Crippen LogP contribution in [0.1, 0.15) is 43.1 Å². The van der Waals surface area contributed by atoms with Crippen molar-refractivity contribution >= 4 is 5.69 Å². The van der Waals surface area contributed by atoms with Gasteiger partial charge in [-0.1, -0.05) is 19.1 Å². The zero-order chi connectivity index (χ0) is 12.5. The third-order valence-corrected chi connectivity index (χ3v) is 3.56. The summed E-state index contributed by atoms with van der Waals surface area (Å²) in [5, 5.41) is 8.28. The van der Waals surface area contributed by atoms with E-state index in [4.69, 9.17) is 5.73 Å². The topological polar surface area (TPSA) is 56.7 Å². The fourth-order valence-electron chi connectivity index (χ4n) is 2.33. The van der Waals surface area contributed by atoms with Gasteiger partial charge in [-0.2, -0.15) is 0 Å². The summed E-state index contributed by atoms with van der Waals surface area (Å²) >= 11 is 0. The molecule has 1 atom stereocenters. The van der Waals surface area contributed by atoms with Crippen molar-refractivity contribution in [3.05, 3.63) is 42.0 Å². The van der Waals surface area contributed by atoms with Crippen LogP contribution in [0.4, 0.5) is 5.69 Å². The summed E-state index contributed by atoms with van der Waals surface area (Å²) in [5.41, 5.74) is 7.91. The molecule has 3 rings (SSSR count). The lowest BCUT2D eigenvalue weighted by Crippen LogP contribution is -2.06. The molecule has 4 nitrogen and oxygen atoms in total. The number of benzene rings is 1. The molecule has 1 aromatic carbocycles. The van der Waals surface area contributed by atoms with Gasteiger partial charge in [-0.05, 0) is 36.5 Å². The Morgan fingerprint density at radius 2 is 2.28 bits per heavy atom. The van der Waals surface area contributed by atoms with Gasteiger partial charge in [0.1, 0.15) is 12.2 Å². The normalized spacial score (nSPS) is 16.7. The van der Waals surface area contributed by atoms with Crippen LogP contribution < -0.4 is 5.73 Å². The van der Waals surface area contributed by atoms with Crippen LogP contribution in [0.2, 0.25) is 0 Å². The van der Waals surface area contributed by atoms with Crippen LogP contribution in [0, 0.1) is 0 Å². The van der Waals surface area contributed by atoms with Crippen LogP contribution in [0.5, 0.6) is 0 Å². The fraction of sp³-hybridized carbons (Fsp3) is 0.429. The lowest BCUT2D eigenvalue weighted by atomic mass is 9.97. The first-order chi connectivity index (χ1) is 8.74. The average Bonchev–Trinajstić information content (AvgIpc) is 3.10. The molecule has 2 N–H and O–H groups in total. The zero-order valence-electron chi connectivity index (χ0n) is 10.6. The van der Waals surface area contributed by atoms with Crippen molar-refractivity contribution in [2.75, 3.05) is 5.73 Å². The predicted octanol–water partition coefficient (Wildman–Crippen LogP) is 2.54. The van der Waals surface area contributed by atoms with Gasteiger partial charge in [-0.3, -0.25) is 0 Å². The zero-order valence-corrected chi connectivity index (χ0v) is 10.6. The summed E-state index contributed by atoms with van der Waals surface area (Å²) in [6.45, 7) is 2.21. The highest BCUT2D eigenvalue weighted by Crippen LogP contribution is 2.36. The molecule has 0 unspecified atom stereocenters. The van der Waals surface area contributed by atoms with E-state index in [1.807, 2.05) is 24.5 Å². The molecular formula is C14H18N4. The van der Waals surface area contributed by atoms with Crippen LogP contribution in [0.3, 0.4) is 0 Å². The third-order valence-electron chi connectivity index (χ3n) is 3.56. The third kappa shape index (κ3) is 2.23. The molecule has 1 aliphatic rings. The highest BCUT2D eigenvalue weighted by molar-refractivity contribution is 5.41. The number of nitrogens with zero attached hydrogens (tertiary/aromatic N) is 3. The second-order valence-electron chi connectivity index (χ2n) is 5.16. The minimum Gasteiger partial charge on any atom is -0.399 e. The van der Waals surface area contributed by atoms with Gasteiger partial charge >= 0.3 is 0 Å². The molecule has 2 aromatic rings. The van der Waals surface area contributed by atoms with Gasteiger partial charge in [-0.15, -0.1) is 10.2 Å². The quantitative estimate of drug-likeness (QED) is 0.838. The molecule has 1 saturated carbocycles. The minimum atomic E-state index is 0.412. The van der Waals surface area contributed by atoms with Crippen molar-refractivity contribution in [1.82, 2.24) is 14.8 Å². The molecule has 4 heteroatoms. The van der Waals surface area contributed by atoms with E-state index in [0.29, 0.717) is 12.0 Å². The van der Waals surface area contributed by atoms with Gasteiger partial charge in [0.25, 0.3) is 0 Å². The fourth-order valence-corrected chi connectivity index (χ4v) is 2.33. The SMILES string of the molecule is C[C@H](Cc1nncn1C1CC1)c1cccc(N)c1. The van der Waals surface area contributed by atoms with E-state index in [9.17, 15) is 0 Å². The summed E-state index contributed by atoms with van der Waals surface area (Å²) in [4.78, 5) is 0. The van der Waals surface area contributed by atoms with Crippen molar-refractivity contribution in [2.45, 2.75) is 38.1 Å². The van der Waals surface area contributed by atoms with Gasteiger partial charge < -0.3 is 10.3 Å². The van der Waals surface area contributed by atoms with E-state index in [1.54, 1.807) is 0 Å². The Hall–Kier alpha value is -1.84. The van der Waals surface area contributed by atoms with Gasteiger partial charge in [0.05, 0.1) is 0 Å². The van der Waals surface area contributed by atoms with E-state index >= 15 is 0 Å². The molecule has 0 aliphatic heterocycles. The molecule has 0 saturated heterocycles. The van der Waals surface area contributed by atoms with E-state index in [0.717, 1.165) is 17.9 Å². The standard InChI is InChI=1S/C14H18N4/c1-10(11-3-2-4-12(15)8-11)7-14-17-16-9-18(14)13-5-6-13/h2-4,8-10,13H,5-7,15H2,1H3/t10-/m1/s1. The maximum absolute atomic E-state index is 5.82. The molecule has 0 amide bonds. The Kier molecular flexibility index (Phi) is 2.78. The van der Waals surface area contributed by atoms with E-state index in [2.05, 4.69) is 27.8 Å². The molecule has 94 valence electrons. The predicted molar refractivity (Wildman–Crippen MR) is 71.3 cm³/mol. The van der Waals surface area contributed by atoms with Gasteiger partial charge in [0, 0.05) is 18.2 Å². The van der Waals surface area contributed by atoms with Crippen molar-refractivity contribution in [3.63, 3.8) is 0 Å². The second kappa shape index (κ2) is 4.44. The summed E-state index contributed by atoms with van der Waals surface area (Å²) in [7, 11) is 0. The summed E-state index contributed by atoms with van der Waals surface area (Å²) in [6, 6.07) is 8.74. The molecule has 1 aromatic heterocycles. The molecule has 0 bridgehead atoms. The Bertz CT molecular complexity index is 542. The van der Waals surface area contributed by atoms with E-state index < -0.39 is 0 Å². The molecule has 1 heterocycles. The summed E-state index contributed by atoms with van der Waals surface area (Å²) in [5.74, 6) is 1.50. The van der Waals surface area contributed by atoms with Crippen LogP contribution >= 0.6 is 0 Å². The van der Waals surface area contributed by atoms with Crippen LogP contribution in [0.15, 0.2) is 30.6 Å². The highest BCUT2D eigenvalue weighted by atomic mass is 15.3.